The van der Waals surface area contributed by atoms with Gasteiger partial charge in [-0.2, -0.15) is 0 Å². The Kier molecular flexibility index (Phi) is 5.36. The first-order valence-corrected chi connectivity index (χ1v) is 9.27. The van der Waals surface area contributed by atoms with E-state index in [9.17, 15) is 9.18 Å². The van der Waals surface area contributed by atoms with Crippen molar-refractivity contribution < 1.29 is 18.7 Å². The Morgan fingerprint density at radius 2 is 1.89 bits per heavy atom. The summed E-state index contributed by atoms with van der Waals surface area (Å²) in [5.41, 5.74) is 2.00. The lowest BCUT2D eigenvalue weighted by molar-refractivity contribution is -0.140. The van der Waals surface area contributed by atoms with Crippen molar-refractivity contribution in [3.8, 4) is 5.75 Å². The lowest BCUT2D eigenvalue weighted by atomic mass is 10.1. The second kappa shape index (κ2) is 8.06. The molecule has 5 nitrogen and oxygen atoms in total. The highest BCUT2D eigenvalue weighted by Crippen LogP contribution is 2.24. The largest absolute Gasteiger partial charge is 0.492 e. The van der Waals surface area contributed by atoms with E-state index in [0.717, 1.165) is 16.9 Å². The monoisotopic (exact) mass is 370 g/mol. The molecule has 2 aromatic carbocycles. The molecule has 2 aliphatic heterocycles. The zero-order valence-electron chi connectivity index (χ0n) is 15.1. The van der Waals surface area contributed by atoms with E-state index in [-0.39, 0.29) is 17.8 Å². The van der Waals surface area contributed by atoms with Crippen LogP contribution in [0.2, 0.25) is 0 Å². The molecular weight excluding hydrogens is 347 g/mol. The van der Waals surface area contributed by atoms with Crippen molar-refractivity contribution in [2.45, 2.75) is 12.6 Å². The van der Waals surface area contributed by atoms with Crippen LogP contribution in [-0.4, -0.2) is 55.1 Å². The SMILES string of the molecule is O=C(CN1CCOc2ccccc2C1)N1CCOC(c2ccc(F)cc2)C1. The number of para-hydroxylation sites is 1. The number of benzene rings is 2. The maximum Gasteiger partial charge on any atom is 0.236 e. The standard InChI is InChI=1S/C21H23FN2O3/c22-18-7-5-16(6-8-18)20-14-24(10-12-27-20)21(25)15-23-9-11-26-19-4-2-1-3-17(19)13-23/h1-8,20H,9-15H2. The van der Waals surface area contributed by atoms with Crippen LogP contribution in [0.5, 0.6) is 5.75 Å². The van der Waals surface area contributed by atoms with Crippen molar-refractivity contribution in [1.82, 2.24) is 9.80 Å². The van der Waals surface area contributed by atoms with Gasteiger partial charge in [0.1, 0.15) is 24.3 Å². The number of carbonyl (C=O) groups is 1. The summed E-state index contributed by atoms with van der Waals surface area (Å²) in [7, 11) is 0. The van der Waals surface area contributed by atoms with E-state index in [1.165, 1.54) is 12.1 Å². The second-order valence-corrected chi connectivity index (χ2v) is 6.92. The molecule has 0 aromatic heterocycles. The van der Waals surface area contributed by atoms with Gasteiger partial charge < -0.3 is 14.4 Å². The van der Waals surface area contributed by atoms with Crippen LogP contribution >= 0.6 is 0 Å². The molecule has 0 spiro atoms. The van der Waals surface area contributed by atoms with Gasteiger partial charge >= 0.3 is 0 Å². The number of ether oxygens (including phenoxy) is 2. The van der Waals surface area contributed by atoms with Gasteiger partial charge in [0.15, 0.2) is 0 Å². The summed E-state index contributed by atoms with van der Waals surface area (Å²) in [5, 5.41) is 0. The molecule has 1 unspecified atom stereocenters. The van der Waals surface area contributed by atoms with Crippen molar-refractivity contribution in [3.63, 3.8) is 0 Å². The third kappa shape index (κ3) is 4.28. The summed E-state index contributed by atoms with van der Waals surface area (Å²) in [4.78, 5) is 16.8. The van der Waals surface area contributed by atoms with Crippen LogP contribution in [0, 0.1) is 5.82 Å². The number of halogens is 1. The highest BCUT2D eigenvalue weighted by Gasteiger charge is 2.27. The Bertz CT molecular complexity index is 796. The van der Waals surface area contributed by atoms with E-state index in [2.05, 4.69) is 4.90 Å². The van der Waals surface area contributed by atoms with Crippen molar-refractivity contribution in [3.05, 3.63) is 65.5 Å². The maximum atomic E-state index is 13.1. The Hall–Kier alpha value is -2.44. The molecule has 1 saturated heterocycles. The quantitative estimate of drug-likeness (QED) is 0.833. The minimum atomic E-state index is -0.272. The highest BCUT2D eigenvalue weighted by molar-refractivity contribution is 5.78. The molecule has 1 atom stereocenters. The van der Waals surface area contributed by atoms with Crippen LogP contribution in [0.15, 0.2) is 48.5 Å². The zero-order chi connectivity index (χ0) is 18.6. The van der Waals surface area contributed by atoms with E-state index in [0.29, 0.717) is 45.9 Å². The molecule has 1 fully saturated rings. The van der Waals surface area contributed by atoms with Gasteiger partial charge in [-0.15, -0.1) is 0 Å². The predicted molar refractivity (Wildman–Crippen MR) is 98.9 cm³/mol. The van der Waals surface area contributed by atoms with E-state index in [4.69, 9.17) is 9.47 Å². The average Bonchev–Trinajstić information content (AvgIpc) is 2.90. The summed E-state index contributed by atoms with van der Waals surface area (Å²) in [6, 6.07) is 14.2. The van der Waals surface area contributed by atoms with Gasteiger partial charge in [-0.3, -0.25) is 9.69 Å². The zero-order valence-corrected chi connectivity index (χ0v) is 15.1. The molecule has 6 heteroatoms. The topological polar surface area (TPSA) is 42.0 Å². The van der Waals surface area contributed by atoms with Crippen molar-refractivity contribution >= 4 is 5.91 Å². The molecule has 2 aromatic rings. The predicted octanol–water partition coefficient (Wildman–Crippen LogP) is 2.62. The first-order valence-electron chi connectivity index (χ1n) is 9.27. The van der Waals surface area contributed by atoms with E-state index >= 15 is 0 Å². The Morgan fingerprint density at radius 1 is 1.07 bits per heavy atom. The van der Waals surface area contributed by atoms with Crippen LogP contribution in [-0.2, 0) is 16.1 Å². The molecule has 0 bridgehead atoms. The third-order valence-electron chi connectivity index (χ3n) is 5.05. The van der Waals surface area contributed by atoms with Gasteiger partial charge in [-0.1, -0.05) is 30.3 Å². The van der Waals surface area contributed by atoms with Gasteiger partial charge in [0, 0.05) is 25.2 Å². The number of amides is 1. The van der Waals surface area contributed by atoms with E-state index < -0.39 is 0 Å². The van der Waals surface area contributed by atoms with Crippen LogP contribution in [0.1, 0.15) is 17.2 Å². The molecule has 2 heterocycles. The number of morpholine rings is 1. The van der Waals surface area contributed by atoms with Crippen molar-refractivity contribution in [1.29, 1.82) is 0 Å². The molecule has 1 amide bonds. The smallest absolute Gasteiger partial charge is 0.236 e. The van der Waals surface area contributed by atoms with Crippen LogP contribution in [0.25, 0.3) is 0 Å². The van der Waals surface area contributed by atoms with Crippen LogP contribution in [0.4, 0.5) is 4.39 Å². The minimum Gasteiger partial charge on any atom is -0.492 e. The molecule has 142 valence electrons. The number of nitrogens with zero attached hydrogens (tertiary/aromatic N) is 2. The Morgan fingerprint density at radius 3 is 2.74 bits per heavy atom. The van der Waals surface area contributed by atoms with Gasteiger partial charge in [0.05, 0.1) is 19.7 Å². The van der Waals surface area contributed by atoms with Crippen LogP contribution < -0.4 is 4.74 Å². The molecule has 0 aliphatic carbocycles. The van der Waals surface area contributed by atoms with Gasteiger partial charge in [-0.25, -0.2) is 4.39 Å². The first kappa shape index (κ1) is 17.9. The minimum absolute atomic E-state index is 0.0878. The Balaban J connectivity index is 1.38. The number of fused-ring (bicyclic) bond motifs is 1. The summed E-state index contributed by atoms with van der Waals surface area (Å²) < 4.78 is 24.7. The number of carbonyl (C=O) groups excluding carboxylic acids is 1. The maximum absolute atomic E-state index is 13.1. The Labute approximate surface area is 158 Å². The fraction of sp³-hybridized carbons (Fsp3) is 0.381. The normalized spacial score (nSPS) is 20.5. The summed E-state index contributed by atoms with van der Waals surface area (Å²) in [6.07, 6.45) is -0.212. The van der Waals surface area contributed by atoms with Crippen molar-refractivity contribution in [2.75, 3.05) is 39.4 Å². The second-order valence-electron chi connectivity index (χ2n) is 6.92. The number of rotatable bonds is 3. The highest BCUT2D eigenvalue weighted by atomic mass is 19.1. The van der Waals surface area contributed by atoms with E-state index in [1.807, 2.05) is 29.2 Å². The summed E-state index contributed by atoms with van der Waals surface area (Å²) in [5.74, 6) is 0.714. The van der Waals surface area contributed by atoms with E-state index in [1.54, 1.807) is 12.1 Å². The molecule has 0 N–H and O–H groups in total. The molecule has 0 saturated carbocycles. The first-order chi connectivity index (χ1) is 13.2. The van der Waals surface area contributed by atoms with Gasteiger partial charge in [0.2, 0.25) is 5.91 Å². The lowest BCUT2D eigenvalue weighted by Crippen LogP contribution is -2.46. The van der Waals surface area contributed by atoms with Gasteiger partial charge in [-0.05, 0) is 23.8 Å². The summed E-state index contributed by atoms with van der Waals surface area (Å²) >= 11 is 0. The van der Waals surface area contributed by atoms with Crippen molar-refractivity contribution in [2.24, 2.45) is 0 Å². The van der Waals surface area contributed by atoms with Gasteiger partial charge in [0.25, 0.3) is 0 Å². The lowest BCUT2D eigenvalue weighted by Gasteiger charge is -2.34. The number of hydrogen-bond acceptors (Lipinski definition) is 4. The average molecular weight is 370 g/mol. The fourth-order valence-corrected chi connectivity index (χ4v) is 3.56. The molecular formula is C21H23FN2O3. The number of hydrogen-bond donors (Lipinski definition) is 0. The fourth-order valence-electron chi connectivity index (χ4n) is 3.56. The summed E-state index contributed by atoms with van der Waals surface area (Å²) in [6.45, 7) is 3.90. The molecule has 27 heavy (non-hydrogen) atoms. The molecule has 2 aliphatic rings. The molecule has 0 radical (unpaired) electrons. The van der Waals surface area contributed by atoms with Crippen LogP contribution in [0.3, 0.4) is 0 Å². The molecule has 4 rings (SSSR count). The third-order valence-corrected chi connectivity index (χ3v) is 5.05.